The van der Waals surface area contributed by atoms with Crippen LogP contribution in [0.3, 0.4) is 0 Å². The Balaban J connectivity index is 1.42. The highest BCUT2D eigenvalue weighted by Crippen LogP contribution is 2.16. The molecule has 0 bridgehead atoms. The summed E-state index contributed by atoms with van der Waals surface area (Å²) < 4.78 is 10.8. The molecule has 2 N–H and O–H groups in total. The minimum absolute atomic E-state index is 0.153. The molecular weight excluding hydrogens is 402 g/mol. The molecule has 0 saturated carbocycles. The van der Waals surface area contributed by atoms with Crippen LogP contribution >= 0.6 is 11.8 Å². The molecule has 9 heteroatoms. The lowest BCUT2D eigenvalue weighted by Gasteiger charge is -2.07. The molecule has 0 radical (unpaired) electrons. The van der Waals surface area contributed by atoms with Gasteiger partial charge in [-0.2, -0.15) is 11.8 Å². The number of hydrogen-bond donors (Lipinski definition) is 2. The normalized spacial score (nSPS) is 11.1. The summed E-state index contributed by atoms with van der Waals surface area (Å²) in [6.45, 7) is 1.50. The number of H-pyrrole nitrogens is 1. The number of ether oxygens (including phenoxy) is 1. The molecule has 8 nitrogen and oxygen atoms in total. The minimum Gasteiger partial charge on any atom is -0.481 e. The first-order valence-corrected chi connectivity index (χ1v) is 10.8. The van der Waals surface area contributed by atoms with Gasteiger partial charge in [-0.1, -0.05) is 6.07 Å². The van der Waals surface area contributed by atoms with E-state index in [4.69, 9.17) is 9.15 Å². The molecule has 0 amide bonds. The zero-order valence-electron chi connectivity index (χ0n) is 17.5. The van der Waals surface area contributed by atoms with Crippen molar-refractivity contribution in [2.75, 3.05) is 38.8 Å². The fourth-order valence-corrected chi connectivity index (χ4v) is 3.55. The van der Waals surface area contributed by atoms with Crippen molar-refractivity contribution in [3.63, 3.8) is 0 Å². The summed E-state index contributed by atoms with van der Waals surface area (Å²) in [6.07, 6.45) is 3.77. The monoisotopic (exact) mass is 429 g/mol. The van der Waals surface area contributed by atoms with Crippen LogP contribution in [0.4, 0.5) is 5.95 Å². The average molecular weight is 430 g/mol. The van der Waals surface area contributed by atoms with Gasteiger partial charge in [0, 0.05) is 42.7 Å². The Labute approximate surface area is 180 Å². The Morgan fingerprint density at radius 1 is 1.17 bits per heavy atom. The molecule has 30 heavy (non-hydrogen) atoms. The van der Waals surface area contributed by atoms with Crippen LogP contribution in [-0.2, 0) is 18.7 Å². The number of rotatable bonds is 11. The molecule has 0 unspecified atom stereocenters. The van der Waals surface area contributed by atoms with Gasteiger partial charge in [-0.3, -0.25) is 9.78 Å². The van der Waals surface area contributed by atoms with Gasteiger partial charge in [0.15, 0.2) is 0 Å². The second kappa shape index (κ2) is 10.8. The fraction of sp³-hybridized carbons (Fsp3) is 0.381. The third-order valence-corrected chi connectivity index (χ3v) is 5.23. The van der Waals surface area contributed by atoms with Crippen LogP contribution in [0.2, 0.25) is 0 Å². The van der Waals surface area contributed by atoms with Crippen molar-refractivity contribution in [3.8, 4) is 5.88 Å². The molecule has 3 aromatic heterocycles. The Bertz CT molecular complexity index is 985. The molecular formula is C21H27N5O3S. The van der Waals surface area contributed by atoms with Crippen LogP contribution in [0.1, 0.15) is 22.6 Å². The average Bonchev–Trinajstić information content (AvgIpc) is 3.16. The molecule has 160 valence electrons. The number of furan rings is 1. The Hall–Kier alpha value is -2.78. The molecule has 3 heterocycles. The van der Waals surface area contributed by atoms with Gasteiger partial charge in [0.05, 0.1) is 19.4 Å². The molecule has 0 saturated heterocycles. The van der Waals surface area contributed by atoms with Gasteiger partial charge in [-0.25, -0.2) is 9.97 Å². The molecule has 0 aromatic carbocycles. The molecule has 0 aliphatic heterocycles. The third kappa shape index (κ3) is 6.64. The van der Waals surface area contributed by atoms with E-state index in [2.05, 4.69) is 25.2 Å². The highest BCUT2D eigenvalue weighted by atomic mass is 32.2. The fourth-order valence-electron chi connectivity index (χ4n) is 2.80. The molecule has 3 rings (SSSR count). The molecule has 0 spiro atoms. The lowest BCUT2D eigenvalue weighted by atomic mass is 10.1. The third-order valence-electron chi connectivity index (χ3n) is 4.25. The van der Waals surface area contributed by atoms with Gasteiger partial charge in [-0.15, -0.1) is 0 Å². The number of pyridine rings is 1. The van der Waals surface area contributed by atoms with Crippen molar-refractivity contribution >= 4 is 17.7 Å². The zero-order valence-corrected chi connectivity index (χ0v) is 18.3. The quantitative estimate of drug-likeness (QED) is 0.449. The Morgan fingerprint density at radius 2 is 2.00 bits per heavy atom. The first-order valence-electron chi connectivity index (χ1n) is 9.64. The summed E-state index contributed by atoms with van der Waals surface area (Å²) in [5, 5.41) is 3.16. The second-order valence-corrected chi connectivity index (χ2v) is 8.16. The summed E-state index contributed by atoms with van der Waals surface area (Å²) in [6, 6.07) is 7.70. The summed E-state index contributed by atoms with van der Waals surface area (Å²) in [7, 11) is 5.60. The van der Waals surface area contributed by atoms with Crippen molar-refractivity contribution in [1.82, 2.24) is 19.9 Å². The van der Waals surface area contributed by atoms with E-state index < -0.39 is 0 Å². The summed E-state index contributed by atoms with van der Waals surface area (Å²) in [5.41, 5.74) is 1.36. The molecule has 0 fully saturated rings. The highest BCUT2D eigenvalue weighted by Gasteiger charge is 2.06. The Kier molecular flexibility index (Phi) is 7.92. The van der Waals surface area contributed by atoms with E-state index in [-0.39, 0.29) is 5.56 Å². The number of hydrogen-bond acceptors (Lipinski definition) is 8. The van der Waals surface area contributed by atoms with Gasteiger partial charge in [0.2, 0.25) is 11.8 Å². The van der Waals surface area contributed by atoms with Gasteiger partial charge in [0.1, 0.15) is 11.5 Å². The lowest BCUT2D eigenvalue weighted by Crippen LogP contribution is -2.18. The first-order chi connectivity index (χ1) is 14.5. The van der Waals surface area contributed by atoms with Crippen molar-refractivity contribution in [2.45, 2.75) is 18.7 Å². The van der Waals surface area contributed by atoms with E-state index in [9.17, 15) is 4.79 Å². The zero-order chi connectivity index (χ0) is 21.3. The number of anilines is 1. The van der Waals surface area contributed by atoms with E-state index in [0.717, 1.165) is 35.1 Å². The number of nitrogens with zero attached hydrogens (tertiary/aromatic N) is 3. The van der Waals surface area contributed by atoms with Crippen LogP contribution in [0, 0.1) is 0 Å². The van der Waals surface area contributed by atoms with Gasteiger partial charge < -0.3 is 19.4 Å². The lowest BCUT2D eigenvalue weighted by molar-refractivity contribution is 0.344. The van der Waals surface area contributed by atoms with E-state index in [1.807, 2.05) is 32.3 Å². The molecule has 0 atom stereocenters. The summed E-state index contributed by atoms with van der Waals surface area (Å²) >= 11 is 1.76. The number of methoxy groups -OCH3 is 1. The van der Waals surface area contributed by atoms with Crippen LogP contribution in [-0.4, -0.2) is 53.4 Å². The topological polar surface area (TPSA) is 96.3 Å². The smallest absolute Gasteiger partial charge is 0.255 e. The maximum atomic E-state index is 12.3. The van der Waals surface area contributed by atoms with E-state index >= 15 is 0 Å². The van der Waals surface area contributed by atoms with Crippen LogP contribution in [0.15, 0.2) is 45.9 Å². The van der Waals surface area contributed by atoms with E-state index in [1.165, 1.54) is 0 Å². The van der Waals surface area contributed by atoms with Crippen LogP contribution in [0.25, 0.3) is 0 Å². The van der Waals surface area contributed by atoms with Gasteiger partial charge >= 0.3 is 0 Å². The molecule has 3 aromatic rings. The minimum atomic E-state index is -0.153. The predicted molar refractivity (Wildman–Crippen MR) is 119 cm³/mol. The maximum absolute atomic E-state index is 12.3. The Morgan fingerprint density at radius 3 is 2.70 bits per heavy atom. The van der Waals surface area contributed by atoms with Crippen LogP contribution < -0.4 is 15.6 Å². The first kappa shape index (κ1) is 21.9. The van der Waals surface area contributed by atoms with E-state index in [0.29, 0.717) is 30.4 Å². The van der Waals surface area contributed by atoms with Crippen LogP contribution in [0.5, 0.6) is 5.88 Å². The maximum Gasteiger partial charge on any atom is 0.255 e. The van der Waals surface area contributed by atoms with Gasteiger partial charge in [0.25, 0.3) is 5.56 Å². The number of nitrogens with one attached hydrogen (secondary N) is 2. The summed E-state index contributed by atoms with van der Waals surface area (Å²) in [5.74, 6) is 4.65. The largest absolute Gasteiger partial charge is 0.481 e. The molecule has 0 aliphatic carbocycles. The van der Waals surface area contributed by atoms with Crippen molar-refractivity contribution < 1.29 is 9.15 Å². The van der Waals surface area contributed by atoms with Gasteiger partial charge in [-0.05, 0) is 31.8 Å². The second-order valence-electron chi connectivity index (χ2n) is 7.06. The number of aromatic amines is 1. The van der Waals surface area contributed by atoms with Crippen molar-refractivity contribution in [2.24, 2.45) is 0 Å². The SMILES string of the molecule is COc1ccc(Cc2cnc(NCCSCc3ccc(CN(C)C)o3)[nH]c2=O)cn1. The van der Waals surface area contributed by atoms with E-state index in [1.54, 1.807) is 37.3 Å². The number of aromatic nitrogens is 3. The standard InChI is InChI=1S/C21H27N5O3S/c1-26(2)13-17-5-6-18(29-17)14-30-9-8-22-21-24-12-16(20(27)25-21)10-15-4-7-19(28-3)23-11-15/h4-7,11-12H,8-10,13-14H2,1-3H3,(H2,22,24,25,27). The highest BCUT2D eigenvalue weighted by molar-refractivity contribution is 7.98. The van der Waals surface area contributed by atoms with Crippen molar-refractivity contribution in [3.05, 3.63) is 69.7 Å². The number of thioether (sulfide) groups is 1. The molecule has 0 aliphatic rings. The summed E-state index contributed by atoms with van der Waals surface area (Å²) in [4.78, 5) is 25.7. The predicted octanol–water partition coefficient (Wildman–Crippen LogP) is 2.76. The van der Waals surface area contributed by atoms with Crippen molar-refractivity contribution in [1.29, 1.82) is 0 Å².